The lowest BCUT2D eigenvalue weighted by atomic mass is 9.98. The molecule has 1 aliphatic rings. The molecule has 0 saturated heterocycles. The van der Waals surface area contributed by atoms with Gasteiger partial charge in [0.25, 0.3) is 0 Å². The number of fused-ring (bicyclic) bond motifs is 1. The van der Waals surface area contributed by atoms with Crippen molar-refractivity contribution in [2.45, 2.75) is 19.9 Å². The highest BCUT2D eigenvalue weighted by atomic mass is 32.1. The Morgan fingerprint density at radius 1 is 1.41 bits per heavy atom. The van der Waals surface area contributed by atoms with E-state index in [9.17, 15) is 0 Å². The molecule has 0 radical (unpaired) electrons. The number of nitrogens with zero attached hydrogens (tertiary/aromatic N) is 3. The number of anilines is 2. The molecule has 1 aromatic carbocycles. The van der Waals surface area contributed by atoms with Gasteiger partial charge in [-0.05, 0) is 30.5 Å². The molecule has 0 bridgehead atoms. The molecule has 0 saturated carbocycles. The zero-order valence-corrected chi connectivity index (χ0v) is 10.5. The molecule has 2 heterocycles. The lowest BCUT2D eigenvalue weighted by Crippen LogP contribution is -2.30. The Balaban J connectivity index is 1.92. The highest BCUT2D eigenvalue weighted by Gasteiger charge is 2.20. The summed E-state index contributed by atoms with van der Waals surface area (Å²) in [5, 5.41) is 0.997. The fraction of sp³-hybridized carbons (Fsp3) is 0.333. The number of hydrogen-bond acceptors (Lipinski definition) is 5. The summed E-state index contributed by atoms with van der Waals surface area (Å²) in [4.78, 5) is 6.68. The maximum Gasteiger partial charge on any atom is 0.205 e. The van der Waals surface area contributed by atoms with E-state index < -0.39 is 0 Å². The minimum Gasteiger partial charge on any atom is -0.398 e. The molecule has 1 aromatic heterocycles. The third-order valence-corrected chi connectivity index (χ3v) is 3.96. The molecule has 5 heteroatoms. The maximum atomic E-state index is 6.03. The standard InChI is InChI=1S/C12H14N4S/c1-8-14-12(17-15-8)16-6-5-9-3-2-4-11(13)10(9)7-16/h2-4H,5-7,13H2,1H3. The van der Waals surface area contributed by atoms with Crippen LogP contribution in [0.2, 0.25) is 0 Å². The summed E-state index contributed by atoms with van der Waals surface area (Å²) in [5.41, 5.74) is 9.52. The van der Waals surface area contributed by atoms with Crippen LogP contribution in [0.1, 0.15) is 17.0 Å². The first-order chi connectivity index (χ1) is 8.24. The molecule has 17 heavy (non-hydrogen) atoms. The molecule has 0 fully saturated rings. The smallest absolute Gasteiger partial charge is 0.205 e. The minimum atomic E-state index is 0.844. The van der Waals surface area contributed by atoms with Crippen LogP contribution in [0.4, 0.5) is 10.8 Å². The van der Waals surface area contributed by atoms with Crippen molar-refractivity contribution < 1.29 is 0 Å². The van der Waals surface area contributed by atoms with E-state index in [1.54, 1.807) is 0 Å². The monoisotopic (exact) mass is 246 g/mol. The van der Waals surface area contributed by atoms with Crippen molar-refractivity contribution in [3.05, 3.63) is 35.2 Å². The molecule has 0 amide bonds. The summed E-state index contributed by atoms with van der Waals surface area (Å²) in [5.74, 6) is 0.844. The van der Waals surface area contributed by atoms with Gasteiger partial charge in [0.1, 0.15) is 5.82 Å². The van der Waals surface area contributed by atoms with Crippen molar-refractivity contribution in [1.29, 1.82) is 0 Å². The fourth-order valence-corrected chi connectivity index (χ4v) is 2.88. The fourth-order valence-electron chi connectivity index (χ4n) is 2.18. The second-order valence-electron chi connectivity index (χ2n) is 4.28. The van der Waals surface area contributed by atoms with E-state index in [1.807, 2.05) is 19.1 Å². The number of benzene rings is 1. The molecule has 4 nitrogen and oxygen atoms in total. The van der Waals surface area contributed by atoms with Crippen LogP contribution in [-0.2, 0) is 13.0 Å². The van der Waals surface area contributed by atoms with E-state index in [-0.39, 0.29) is 0 Å². The molecular formula is C12H14N4S. The SMILES string of the molecule is Cc1nsc(N2CCc3cccc(N)c3C2)n1. The van der Waals surface area contributed by atoms with E-state index in [0.29, 0.717) is 0 Å². The van der Waals surface area contributed by atoms with Gasteiger partial charge >= 0.3 is 0 Å². The van der Waals surface area contributed by atoms with Crippen molar-refractivity contribution in [1.82, 2.24) is 9.36 Å². The normalized spacial score (nSPS) is 14.8. The Morgan fingerprint density at radius 2 is 2.29 bits per heavy atom. The van der Waals surface area contributed by atoms with Crippen LogP contribution in [0.25, 0.3) is 0 Å². The molecule has 0 unspecified atom stereocenters. The first-order valence-electron chi connectivity index (χ1n) is 5.65. The Kier molecular flexibility index (Phi) is 2.48. The second kappa shape index (κ2) is 4.00. The van der Waals surface area contributed by atoms with Crippen LogP contribution in [0, 0.1) is 6.92 Å². The maximum absolute atomic E-state index is 6.03. The van der Waals surface area contributed by atoms with Gasteiger partial charge in [-0.25, -0.2) is 4.98 Å². The highest BCUT2D eigenvalue weighted by molar-refractivity contribution is 7.09. The van der Waals surface area contributed by atoms with Crippen LogP contribution in [0.3, 0.4) is 0 Å². The lowest BCUT2D eigenvalue weighted by Gasteiger charge is -2.28. The van der Waals surface area contributed by atoms with Crippen molar-refractivity contribution in [3.63, 3.8) is 0 Å². The van der Waals surface area contributed by atoms with Crippen molar-refractivity contribution in [2.24, 2.45) is 0 Å². The Hall–Kier alpha value is -1.62. The van der Waals surface area contributed by atoms with Crippen molar-refractivity contribution in [2.75, 3.05) is 17.2 Å². The predicted molar refractivity (Wildman–Crippen MR) is 70.3 cm³/mol. The summed E-state index contributed by atoms with van der Waals surface area (Å²) in [6.07, 6.45) is 1.03. The minimum absolute atomic E-state index is 0.844. The zero-order chi connectivity index (χ0) is 11.8. The predicted octanol–water partition coefficient (Wildman–Crippen LogP) is 1.99. The third-order valence-electron chi connectivity index (χ3n) is 3.10. The molecule has 2 N–H and O–H groups in total. The molecule has 2 aromatic rings. The van der Waals surface area contributed by atoms with Crippen molar-refractivity contribution in [3.8, 4) is 0 Å². The van der Waals surface area contributed by atoms with Gasteiger partial charge in [-0.2, -0.15) is 4.37 Å². The van der Waals surface area contributed by atoms with E-state index in [2.05, 4.69) is 20.3 Å². The second-order valence-corrected chi connectivity index (χ2v) is 5.01. The number of nitrogen functional groups attached to an aromatic ring is 1. The van der Waals surface area contributed by atoms with Crippen LogP contribution in [-0.4, -0.2) is 15.9 Å². The first-order valence-corrected chi connectivity index (χ1v) is 6.43. The number of rotatable bonds is 1. The lowest BCUT2D eigenvalue weighted by molar-refractivity contribution is 0.729. The van der Waals surface area contributed by atoms with Gasteiger partial charge in [-0.15, -0.1) is 0 Å². The highest BCUT2D eigenvalue weighted by Crippen LogP contribution is 2.28. The average Bonchev–Trinajstić information content (AvgIpc) is 2.76. The molecule has 1 aliphatic heterocycles. The quantitative estimate of drug-likeness (QED) is 0.782. The molecule has 3 rings (SSSR count). The van der Waals surface area contributed by atoms with Gasteiger partial charge < -0.3 is 10.6 Å². The zero-order valence-electron chi connectivity index (χ0n) is 9.68. The van der Waals surface area contributed by atoms with E-state index >= 15 is 0 Å². The van der Waals surface area contributed by atoms with Crippen LogP contribution in [0.5, 0.6) is 0 Å². The van der Waals surface area contributed by atoms with Crippen molar-refractivity contribution >= 4 is 22.4 Å². The van der Waals surface area contributed by atoms with E-state index in [4.69, 9.17) is 5.73 Å². The summed E-state index contributed by atoms with van der Waals surface area (Å²) >= 11 is 1.46. The van der Waals surface area contributed by atoms with Gasteiger partial charge in [0.05, 0.1) is 0 Å². The Bertz CT molecular complexity index is 549. The number of aryl methyl sites for hydroxylation is 1. The summed E-state index contributed by atoms with van der Waals surface area (Å²) in [6.45, 7) is 3.76. The molecular weight excluding hydrogens is 232 g/mol. The summed E-state index contributed by atoms with van der Waals surface area (Å²) in [7, 11) is 0. The van der Waals surface area contributed by atoms with Crippen LogP contribution in [0.15, 0.2) is 18.2 Å². The average molecular weight is 246 g/mol. The van der Waals surface area contributed by atoms with E-state index in [1.165, 1.54) is 22.7 Å². The first kappa shape index (κ1) is 10.5. The number of nitrogens with two attached hydrogens (primary N) is 1. The largest absolute Gasteiger partial charge is 0.398 e. The van der Waals surface area contributed by atoms with Gasteiger partial charge in [0.2, 0.25) is 5.13 Å². The summed E-state index contributed by atoms with van der Waals surface area (Å²) in [6, 6.07) is 6.15. The van der Waals surface area contributed by atoms with Crippen LogP contribution < -0.4 is 10.6 Å². The van der Waals surface area contributed by atoms with E-state index in [0.717, 1.165) is 36.2 Å². The Morgan fingerprint density at radius 3 is 3.06 bits per heavy atom. The Labute approximate surface area is 104 Å². The van der Waals surface area contributed by atoms with Gasteiger partial charge in [-0.1, -0.05) is 12.1 Å². The topological polar surface area (TPSA) is 55.0 Å². The molecule has 0 atom stereocenters. The molecule has 0 aliphatic carbocycles. The van der Waals surface area contributed by atoms with Gasteiger partial charge in [-0.3, -0.25) is 0 Å². The number of hydrogen-bond donors (Lipinski definition) is 1. The molecule has 0 spiro atoms. The molecule has 88 valence electrons. The summed E-state index contributed by atoms with van der Waals surface area (Å²) < 4.78 is 4.23. The van der Waals surface area contributed by atoms with Gasteiger partial charge in [0.15, 0.2) is 0 Å². The van der Waals surface area contributed by atoms with Crippen LogP contribution >= 0.6 is 11.5 Å². The third kappa shape index (κ3) is 1.86. The number of aromatic nitrogens is 2. The van der Waals surface area contributed by atoms with Gasteiger partial charge in [0, 0.05) is 30.3 Å².